The zero-order valence-electron chi connectivity index (χ0n) is 12.2. The van der Waals surface area contributed by atoms with Gasteiger partial charge in [0, 0.05) is 12.6 Å². The second-order valence-electron chi connectivity index (χ2n) is 5.41. The number of aliphatic hydroxyl groups excluding tert-OH is 1. The van der Waals surface area contributed by atoms with Crippen molar-refractivity contribution in [3.8, 4) is 0 Å². The number of nitrogens with one attached hydrogen (secondary N) is 1. The Balaban J connectivity index is 2.13. The summed E-state index contributed by atoms with van der Waals surface area (Å²) in [5, 5.41) is 12.9. The summed E-state index contributed by atoms with van der Waals surface area (Å²) in [6, 6.07) is 19.3. The van der Waals surface area contributed by atoms with Crippen molar-refractivity contribution in [1.82, 2.24) is 5.32 Å². The van der Waals surface area contributed by atoms with Crippen LogP contribution < -0.4 is 5.32 Å². The molecule has 0 aromatic heterocycles. The van der Waals surface area contributed by atoms with Crippen LogP contribution in [-0.2, 0) is 6.42 Å². The smallest absolute Gasteiger partial charge is 0.0636 e. The van der Waals surface area contributed by atoms with Crippen molar-refractivity contribution in [2.75, 3.05) is 6.54 Å². The minimum Gasteiger partial charge on any atom is -0.392 e. The SMILES string of the molecule is Cc1ccc([C@H](Cc2ccccc2)NC[C@@H](C)O)cc1. The van der Waals surface area contributed by atoms with Crippen LogP contribution in [0.2, 0.25) is 0 Å². The number of rotatable bonds is 6. The lowest BCUT2D eigenvalue weighted by molar-refractivity contribution is 0.186. The molecule has 2 aromatic carbocycles. The standard InChI is InChI=1S/C18H23NO/c1-14-8-10-17(11-9-14)18(19-13-15(2)20)12-16-6-4-3-5-7-16/h3-11,15,18-20H,12-13H2,1-2H3/t15-,18+/m1/s1. The molecule has 0 spiro atoms. The highest BCUT2D eigenvalue weighted by molar-refractivity contribution is 5.26. The molecule has 2 nitrogen and oxygen atoms in total. The average molecular weight is 269 g/mol. The second-order valence-corrected chi connectivity index (χ2v) is 5.41. The Labute approximate surface area is 121 Å². The third kappa shape index (κ3) is 4.48. The molecule has 0 saturated heterocycles. The Morgan fingerprint density at radius 2 is 1.65 bits per heavy atom. The maximum absolute atomic E-state index is 9.50. The third-order valence-electron chi connectivity index (χ3n) is 3.42. The number of hydrogen-bond acceptors (Lipinski definition) is 2. The minimum atomic E-state index is -0.335. The van der Waals surface area contributed by atoms with Crippen LogP contribution in [0.1, 0.15) is 29.7 Å². The topological polar surface area (TPSA) is 32.3 Å². The molecular weight excluding hydrogens is 246 g/mol. The van der Waals surface area contributed by atoms with Crippen molar-refractivity contribution in [3.63, 3.8) is 0 Å². The molecule has 0 radical (unpaired) electrons. The molecule has 0 saturated carbocycles. The molecule has 0 amide bonds. The van der Waals surface area contributed by atoms with E-state index in [1.807, 2.05) is 13.0 Å². The van der Waals surface area contributed by atoms with E-state index in [0.717, 1.165) is 6.42 Å². The molecule has 2 aromatic rings. The van der Waals surface area contributed by atoms with E-state index in [0.29, 0.717) is 6.54 Å². The molecule has 0 bridgehead atoms. The Bertz CT molecular complexity index is 505. The van der Waals surface area contributed by atoms with Gasteiger partial charge in [0.05, 0.1) is 6.10 Å². The van der Waals surface area contributed by atoms with Crippen molar-refractivity contribution < 1.29 is 5.11 Å². The lowest BCUT2D eigenvalue weighted by atomic mass is 9.98. The first-order valence-electron chi connectivity index (χ1n) is 7.17. The highest BCUT2D eigenvalue weighted by Crippen LogP contribution is 2.19. The summed E-state index contributed by atoms with van der Waals surface area (Å²) in [6.07, 6.45) is 0.593. The fourth-order valence-electron chi connectivity index (χ4n) is 2.27. The molecule has 0 unspecified atom stereocenters. The van der Waals surface area contributed by atoms with Crippen molar-refractivity contribution in [1.29, 1.82) is 0 Å². The maximum Gasteiger partial charge on any atom is 0.0636 e. The predicted octanol–water partition coefficient (Wildman–Crippen LogP) is 3.25. The number of benzene rings is 2. The van der Waals surface area contributed by atoms with E-state index in [9.17, 15) is 5.11 Å². The van der Waals surface area contributed by atoms with Gasteiger partial charge in [-0.15, -0.1) is 0 Å². The van der Waals surface area contributed by atoms with Crippen LogP contribution in [0.5, 0.6) is 0 Å². The van der Waals surface area contributed by atoms with E-state index in [4.69, 9.17) is 0 Å². The van der Waals surface area contributed by atoms with Gasteiger partial charge in [0.1, 0.15) is 0 Å². The molecule has 0 aliphatic heterocycles. The highest BCUT2D eigenvalue weighted by atomic mass is 16.3. The van der Waals surface area contributed by atoms with Gasteiger partial charge in [-0.05, 0) is 31.4 Å². The largest absolute Gasteiger partial charge is 0.392 e. The molecule has 0 heterocycles. The maximum atomic E-state index is 9.50. The van der Waals surface area contributed by atoms with E-state index in [1.54, 1.807) is 0 Å². The molecule has 2 N–H and O–H groups in total. The van der Waals surface area contributed by atoms with Gasteiger partial charge in [-0.3, -0.25) is 0 Å². The van der Waals surface area contributed by atoms with E-state index in [-0.39, 0.29) is 12.1 Å². The Morgan fingerprint density at radius 3 is 2.25 bits per heavy atom. The summed E-state index contributed by atoms with van der Waals surface area (Å²) in [7, 11) is 0. The molecule has 2 heteroatoms. The lowest BCUT2D eigenvalue weighted by Gasteiger charge is -2.20. The first-order chi connectivity index (χ1) is 9.65. The van der Waals surface area contributed by atoms with Crippen LogP contribution in [0.25, 0.3) is 0 Å². The fourth-order valence-corrected chi connectivity index (χ4v) is 2.27. The van der Waals surface area contributed by atoms with Crippen LogP contribution in [0, 0.1) is 6.92 Å². The zero-order valence-corrected chi connectivity index (χ0v) is 12.2. The third-order valence-corrected chi connectivity index (χ3v) is 3.42. The van der Waals surface area contributed by atoms with Crippen molar-refractivity contribution >= 4 is 0 Å². The highest BCUT2D eigenvalue weighted by Gasteiger charge is 2.12. The lowest BCUT2D eigenvalue weighted by Crippen LogP contribution is -2.30. The van der Waals surface area contributed by atoms with Crippen molar-refractivity contribution in [2.45, 2.75) is 32.4 Å². The molecule has 106 valence electrons. The summed E-state index contributed by atoms with van der Waals surface area (Å²) in [6.45, 7) is 4.51. The van der Waals surface area contributed by atoms with Gasteiger partial charge in [-0.2, -0.15) is 0 Å². The summed E-state index contributed by atoms with van der Waals surface area (Å²) in [5.41, 5.74) is 3.83. The van der Waals surface area contributed by atoms with E-state index < -0.39 is 0 Å². The number of aryl methyl sites for hydroxylation is 1. The van der Waals surface area contributed by atoms with Crippen LogP contribution in [0.15, 0.2) is 54.6 Å². The van der Waals surface area contributed by atoms with Crippen LogP contribution in [-0.4, -0.2) is 17.8 Å². The van der Waals surface area contributed by atoms with E-state index in [2.05, 4.69) is 60.8 Å². The number of aliphatic hydroxyl groups is 1. The van der Waals surface area contributed by atoms with Gasteiger partial charge >= 0.3 is 0 Å². The Morgan fingerprint density at radius 1 is 1.00 bits per heavy atom. The van der Waals surface area contributed by atoms with Crippen LogP contribution in [0.3, 0.4) is 0 Å². The molecule has 20 heavy (non-hydrogen) atoms. The number of hydrogen-bond donors (Lipinski definition) is 2. The summed E-state index contributed by atoms with van der Waals surface area (Å²) >= 11 is 0. The second kappa shape index (κ2) is 7.22. The molecule has 2 atom stereocenters. The van der Waals surface area contributed by atoms with Crippen LogP contribution in [0.4, 0.5) is 0 Å². The van der Waals surface area contributed by atoms with Crippen molar-refractivity contribution in [2.24, 2.45) is 0 Å². The zero-order chi connectivity index (χ0) is 14.4. The quantitative estimate of drug-likeness (QED) is 0.843. The molecule has 0 aliphatic rings. The average Bonchev–Trinajstić information content (AvgIpc) is 2.45. The van der Waals surface area contributed by atoms with Crippen LogP contribution >= 0.6 is 0 Å². The van der Waals surface area contributed by atoms with Gasteiger partial charge in [0.15, 0.2) is 0 Å². The first-order valence-corrected chi connectivity index (χ1v) is 7.17. The molecule has 2 rings (SSSR count). The normalized spacial score (nSPS) is 13.9. The predicted molar refractivity (Wildman–Crippen MR) is 83.7 cm³/mol. The minimum absolute atomic E-state index is 0.229. The Hall–Kier alpha value is -1.64. The van der Waals surface area contributed by atoms with Gasteiger partial charge in [0.2, 0.25) is 0 Å². The Kier molecular flexibility index (Phi) is 5.33. The van der Waals surface area contributed by atoms with Gasteiger partial charge in [-0.1, -0.05) is 60.2 Å². The van der Waals surface area contributed by atoms with Gasteiger partial charge in [0.25, 0.3) is 0 Å². The van der Waals surface area contributed by atoms with Crippen molar-refractivity contribution in [3.05, 3.63) is 71.3 Å². The summed E-state index contributed by atoms with van der Waals surface area (Å²) < 4.78 is 0. The molecule has 0 aliphatic carbocycles. The monoisotopic (exact) mass is 269 g/mol. The van der Waals surface area contributed by atoms with E-state index in [1.165, 1.54) is 16.7 Å². The van der Waals surface area contributed by atoms with Gasteiger partial charge in [-0.25, -0.2) is 0 Å². The summed E-state index contributed by atoms with van der Waals surface area (Å²) in [5.74, 6) is 0. The molecular formula is C18H23NO. The first kappa shape index (κ1) is 14.8. The van der Waals surface area contributed by atoms with E-state index >= 15 is 0 Å². The van der Waals surface area contributed by atoms with Gasteiger partial charge < -0.3 is 10.4 Å². The summed E-state index contributed by atoms with van der Waals surface area (Å²) in [4.78, 5) is 0. The fraction of sp³-hybridized carbons (Fsp3) is 0.333. The molecule has 0 fully saturated rings.